The van der Waals surface area contributed by atoms with Gasteiger partial charge in [0.1, 0.15) is 18.1 Å². The Labute approximate surface area is 179 Å². The van der Waals surface area contributed by atoms with Crippen LogP contribution in [0.1, 0.15) is 18.3 Å². The molecule has 9 N–H and O–H groups in total. The molecule has 20 heteroatoms. The number of aromatic nitrogens is 2. The van der Waals surface area contributed by atoms with Crippen LogP contribution in [-0.2, 0) is 38.0 Å². The number of rotatable bonds is 10. The number of aliphatic hydroxyl groups excluding tert-OH is 1. The lowest BCUT2D eigenvalue weighted by molar-refractivity contribution is -0.0457. The maximum absolute atomic E-state index is 12.3. The van der Waals surface area contributed by atoms with E-state index in [4.69, 9.17) is 30.9 Å². The minimum atomic E-state index is -5.69. The maximum Gasteiger partial charge on any atom is 0.490 e. The van der Waals surface area contributed by atoms with E-state index in [1.54, 1.807) is 0 Å². The molecule has 1 aromatic heterocycles. The number of nitrogens with zero attached hydrogens (tertiary/aromatic N) is 2. The number of hydrogen-bond donors (Lipinski definition) is 7. The van der Waals surface area contributed by atoms with Crippen LogP contribution in [-0.4, -0.2) is 53.0 Å². The van der Waals surface area contributed by atoms with Gasteiger partial charge in [-0.2, -0.15) is 13.6 Å². The molecule has 2 rings (SSSR count). The summed E-state index contributed by atoms with van der Waals surface area (Å²) in [6.45, 7) is -0.878. The number of phosphoric acid groups is 3. The highest BCUT2D eigenvalue weighted by molar-refractivity contribution is 7.66. The first-order valence-corrected chi connectivity index (χ1v) is 13.0. The lowest BCUT2D eigenvalue weighted by atomic mass is 10.2. The average molecular weight is 522 g/mol. The molecular weight excluding hydrogens is 501 g/mol. The van der Waals surface area contributed by atoms with Gasteiger partial charge in [-0.1, -0.05) is 6.08 Å². The Hall–Kier alpha value is -1.45. The highest BCUT2D eigenvalue weighted by Gasteiger charge is 2.43. The molecule has 1 aliphatic rings. The largest absolute Gasteiger partial charge is 0.490 e. The number of phosphoric ester groups is 1. The van der Waals surface area contributed by atoms with Crippen LogP contribution in [0.25, 0.3) is 0 Å². The second kappa shape index (κ2) is 10.2. The number of allylic oxidation sites excluding steroid dienone is 1. The molecule has 2 heterocycles. The van der Waals surface area contributed by atoms with E-state index in [9.17, 15) is 28.5 Å². The molecular formula is C12H21N4O13P3. The number of ether oxygens (including phenoxy) is 1. The number of aliphatic hydroxyl groups is 1. The molecule has 0 aliphatic carbocycles. The van der Waals surface area contributed by atoms with Gasteiger partial charge in [-0.3, -0.25) is 9.09 Å². The summed E-state index contributed by atoms with van der Waals surface area (Å²) in [4.78, 5) is 51.5. The van der Waals surface area contributed by atoms with E-state index in [2.05, 4.69) is 18.1 Å². The van der Waals surface area contributed by atoms with Gasteiger partial charge in [-0.15, -0.1) is 0 Å². The Balaban J connectivity index is 2.10. The highest BCUT2D eigenvalue weighted by Crippen LogP contribution is 2.66. The van der Waals surface area contributed by atoms with Gasteiger partial charge in [0.15, 0.2) is 0 Å². The third kappa shape index (κ3) is 7.85. The summed E-state index contributed by atoms with van der Waals surface area (Å²) >= 11 is 0. The van der Waals surface area contributed by atoms with Crippen molar-refractivity contribution in [2.45, 2.75) is 31.3 Å². The fourth-order valence-corrected chi connectivity index (χ4v) is 5.74. The van der Waals surface area contributed by atoms with Crippen molar-refractivity contribution in [3.8, 4) is 0 Å². The summed E-state index contributed by atoms with van der Waals surface area (Å²) in [7, 11) is -16.6. The molecule has 0 amide bonds. The Morgan fingerprint density at radius 2 is 1.88 bits per heavy atom. The third-order valence-electron chi connectivity index (χ3n) is 3.83. The van der Waals surface area contributed by atoms with E-state index in [1.165, 1.54) is 18.3 Å². The third-order valence-corrected chi connectivity index (χ3v) is 7.63. The van der Waals surface area contributed by atoms with Crippen LogP contribution in [0.15, 0.2) is 23.1 Å². The average Bonchev–Trinajstić information content (AvgIpc) is 2.94. The summed E-state index contributed by atoms with van der Waals surface area (Å²) in [6, 6.07) is 1.39. The highest BCUT2D eigenvalue weighted by atomic mass is 31.3. The van der Waals surface area contributed by atoms with Crippen LogP contribution in [0, 0.1) is 0 Å². The van der Waals surface area contributed by atoms with Gasteiger partial charge in [0.05, 0.1) is 12.7 Å². The standard InChI is InChI=1S/C12H21N4O13P3/c13-3-1-2-7-4-10(14)15-12(18)16(7)11-5-8(17)9(27-11)6-26-31(22,23)29-32(24,25)28-30(19,20)21/h1,3-4,8-9,11,17H,2,5-6,13H2,(H,22,23)(H,24,25)(H2,14,15,18)(H2,19,20,21)/t8-,9+,11+/m0/s1. The zero-order chi connectivity index (χ0) is 24.3. The van der Waals surface area contributed by atoms with Crippen molar-refractivity contribution in [2.24, 2.45) is 5.73 Å². The fourth-order valence-electron chi connectivity index (χ4n) is 2.71. The Morgan fingerprint density at radius 1 is 1.22 bits per heavy atom. The van der Waals surface area contributed by atoms with E-state index in [1.807, 2.05) is 0 Å². The van der Waals surface area contributed by atoms with E-state index in [0.717, 1.165) is 4.57 Å². The maximum atomic E-state index is 12.3. The first-order chi connectivity index (χ1) is 14.6. The molecule has 1 aromatic rings. The van der Waals surface area contributed by atoms with Gasteiger partial charge in [0.2, 0.25) is 0 Å². The SMILES string of the molecule is NC=CCc1cc(N)nc(=O)n1[C@H]1C[C@H](O)[C@@H](COP(=O)(O)OP(=O)(O)OP(=O)(O)O)O1. The minimum Gasteiger partial charge on any atom is -0.405 e. The summed E-state index contributed by atoms with van der Waals surface area (Å²) < 4.78 is 52.0. The van der Waals surface area contributed by atoms with E-state index < -0.39 is 54.2 Å². The van der Waals surface area contributed by atoms with Crippen molar-refractivity contribution in [1.29, 1.82) is 0 Å². The second-order valence-corrected chi connectivity index (χ2v) is 10.7. The molecule has 2 unspecified atom stereocenters. The lowest BCUT2D eigenvalue weighted by Gasteiger charge is -2.20. The molecule has 32 heavy (non-hydrogen) atoms. The van der Waals surface area contributed by atoms with Crippen molar-refractivity contribution in [3.63, 3.8) is 0 Å². The fraction of sp³-hybridized carbons (Fsp3) is 0.500. The van der Waals surface area contributed by atoms with Gasteiger partial charge in [-0.05, 0) is 6.20 Å². The van der Waals surface area contributed by atoms with Crippen LogP contribution in [0.3, 0.4) is 0 Å². The van der Waals surface area contributed by atoms with Gasteiger partial charge in [-0.25, -0.2) is 18.5 Å². The number of nitrogen functional groups attached to an aromatic ring is 1. The normalized spacial score (nSPS) is 25.6. The predicted molar refractivity (Wildman–Crippen MR) is 104 cm³/mol. The van der Waals surface area contributed by atoms with Gasteiger partial charge >= 0.3 is 29.2 Å². The molecule has 0 spiro atoms. The predicted octanol–water partition coefficient (Wildman–Crippen LogP) is -1.17. The van der Waals surface area contributed by atoms with Gasteiger partial charge < -0.3 is 40.9 Å². The Kier molecular flexibility index (Phi) is 8.56. The van der Waals surface area contributed by atoms with Crippen LogP contribution in [0.2, 0.25) is 0 Å². The first-order valence-electron chi connectivity index (χ1n) is 8.49. The summed E-state index contributed by atoms with van der Waals surface area (Å²) in [5.41, 5.74) is 10.4. The van der Waals surface area contributed by atoms with Crippen LogP contribution >= 0.6 is 23.5 Å². The molecule has 1 fully saturated rings. The molecule has 5 atom stereocenters. The molecule has 17 nitrogen and oxygen atoms in total. The Bertz CT molecular complexity index is 1060. The zero-order valence-corrected chi connectivity index (χ0v) is 18.7. The number of nitrogens with two attached hydrogens (primary N) is 2. The summed E-state index contributed by atoms with van der Waals surface area (Å²) in [5, 5.41) is 10.2. The van der Waals surface area contributed by atoms with Crippen LogP contribution in [0.5, 0.6) is 0 Å². The van der Waals surface area contributed by atoms with Gasteiger partial charge in [0, 0.05) is 24.6 Å². The Morgan fingerprint density at radius 3 is 2.47 bits per heavy atom. The smallest absolute Gasteiger partial charge is 0.405 e. The summed E-state index contributed by atoms with van der Waals surface area (Å²) in [5.74, 6) is -0.0607. The number of anilines is 1. The molecule has 182 valence electrons. The monoisotopic (exact) mass is 522 g/mol. The summed E-state index contributed by atoms with van der Waals surface area (Å²) in [6.07, 6.45) is -0.969. The topological polar surface area (TPSA) is 276 Å². The quantitative estimate of drug-likeness (QED) is 0.178. The van der Waals surface area contributed by atoms with E-state index >= 15 is 0 Å². The molecule has 0 radical (unpaired) electrons. The van der Waals surface area contributed by atoms with Crippen molar-refractivity contribution in [3.05, 3.63) is 34.5 Å². The van der Waals surface area contributed by atoms with Crippen LogP contribution in [0.4, 0.5) is 5.82 Å². The van der Waals surface area contributed by atoms with Crippen LogP contribution < -0.4 is 17.2 Å². The first kappa shape index (κ1) is 26.8. The lowest BCUT2D eigenvalue weighted by Crippen LogP contribution is -2.31. The molecule has 1 saturated heterocycles. The van der Waals surface area contributed by atoms with Crippen molar-refractivity contribution >= 4 is 29.3 Å². The minimum absolute atomic E-state index is 0.0607. The van der Waals surface area contributed by atoms with Crippen molar-refractivity contribution < 1.29 is 56.3 Å². The van der Waals surface area contributed by atoms with Crippen molar-refractivity contribution in [2.75, 3.05) is 12.3 Å². The molecule has 0 aromatic carbocycles. The molecule has 0 bridgehead atoms. The van der Waals surface area contributed by atoms with E-state index in [-0.39, 0.29) is 18.7 Å². The van der Waals surface area contributed by atoms with Gasteiger partial charge in [0.25, 0.3) is 0 Å². The zero-order valence-electron chi connectivity index (χ0n) is 16.0. The molecule has 1 aliphatic heterocycles. The van der Waals surface area contributed by atoms with Crippen molar-refractivity contribution in [1.82, 2.24) is 9.55 Å². The van der Waals surface area contributed by atoms with E-state index in [0.29, 0.717) is 5.69 Å². The molecule has 0 saturated carbocycles. The number of hydrogen-bond acceptors (Lipinski definition) is 12. The second-order valence-electron chi connectivity index (χ2n) is 6.28.